The molecule has 1 aromatic carbocycles. The van der Waals surface area contributed by atoms with Gasteiger partial charge in [-0.15, -0.1) is 0 Å². The molecule has 0 heterocycles. The number of anilines is 1. The fraction of sp³-hybridized carbons (Fsp3) is 0.286. The number of nitrogens with two attached hydrogens (primary N) is 1. The number of allylic oxidation sites excluding steroid dienone is 2. The molecule has 0 saturated heterocycles. The fourth-order valence-corrected chi connectivity index (χ4v) is 2.48. The molecule has 2 atom stereocenters. The van der Waals surface area contributed by atoms with Crippen molar-refractivity contribution in [3.63, 3.8) is 0 Å². The highest BCUT2D eigenvalue weighted by molar-refractivity contribution is 5.98. The summed E-state index contributed by atoms with van der Waals surface area (Å²) in [4.78, 5) is 11.8. The van der Waals surface area contributed by atoms with Crippen LogP contribution < -0.4 is 11.2 Å². The number of rotatable bonds is 2. The van der Waals surface area contributed by atoms with E-state index in [1.54, 1.807) is 24.3 Å². The van der Waals surface area contributed by atoms with Crippen LogP contribution in [0.25, 0.3) is 0 Å². The Kier molecular flexibility index (Phi) is 2.63. The Morgan fingerprint density at radius 3 is 2.83 bits per heavy atom. The smallest absolute Gasteiger partial charge is 0.271 e. The van der Waals surface area contributed by atoms with Crippen LogP contribution in [-0.2, 0) is 0 Å². The van der Waals surface area contributed by atoms with Gasteiger partial charge >= 0.3 is 0 Å². The van der Waals surface area contributed by atoms with Crippen molar-refractivity contribution in [2.45, 2.75) is 12.8 Å². The fourth-order valence-electron chi connectivity index (χ4n) is 2.48. The topological polar surface area (TPSA) is 67.5 Å². The first-order valence-electron chi connectivity index (χ1n) is 6.13. The maximum atomic E-state index is 11.8. The van der Waals surface area contributed by atoms with Crippen molar-refractivity contribution >= 4 is 17.3 Å². The van der Waals surface area contributed by atoms with Crippen LogP contribution >= 0.6 is 0 Å². The zero-order valence-electron chi connectivity index (χ0n) is 9.97. The number of amides is 1. The summed E-state index contributed by atoms with van der Waals surface area (Å²) in [5.41, 5.74) is 10.5. The molecular weight excluding hydrogens is 226 g/mol. The molecule has 92 valence electrons. The van der Waals surface area contributed by atoms with E-state index in [9.17, 15) is 4.79 Å². The summed E-state index contributed by atoms with van der Waals surface area (Å²) in [6, 6.07) is 6.82. The van der Waals surface area contributed by atoms with Crippen molar-refractivity contribution in [3.8, 4) is 0 Å². The number of benzene rings is 1. The highest BCUT2D eigenvalue weighted by Crippen LogP contribution is 2.40. The number of carbonyl (C=O) groups is 1. The van der Waals surface area contributed by atoms with Crippen molar-refractivity contribution in [1.82, 2.24) is 5.43 Å². The number of carbonyl (C=O) groups excluding carboxylic acids is 1. The lowest BCUT2D eigenvalue weighted by molar-refractivity contribution is 0.0954. The number of hydrazone groups is 1. The molecule has 1 amide bonds. The molecule has 18 heavy (non-hydrogen) atoms. The molecule has 3 rings (SSSR count). The van der Waals surface area contributed by atoms with Crippen LogP contribution in [0.5, 0.6) is 0 Å². The average Bonchev–Trinajstić information content (AvgIpc) is 2.72. The molecule has 2 aliphatic rings. The monoisotopic (exact) mass is 241 g/mol. The number of fused-ring (bicyclic) bond motifs is 1. The van der Waals surface area contributed by atoms with Gasteiger partial charge in [-0.2, -0.15) is 5.10 Å². The summed E-state index contributed by atoms with van der Waals surface area (Å²) in [7, 11) is 0. The Labute approximate surface area is 106 Å². The van der Waals surface area contributed by atoms with E-state index in [0.29, 0.717) is 23.1 Å². The van der Waals surface area contributed by atoms with Crippen LogP contribution in [-0.4, -0.2) is 11.6 Å². The Bertz CT molecular complexity index is 530. The minimum absolute atomic E-state index is 0.183. The Morgan fingerprint density at radius 1 is 1.33 bits per heavy atom. The SMILES string of the molecule is Nc1ccc(C(=O)N/N=C2/C[C@@H]3C=CC[C@H]23)cc1. The summed E-state index contributed by atoms with van der Waals surface area (Å²) < 4.78 is 0. The minimum Gasteiger partial charge on any atom is -0.399 e. The Balaban J connectivity index is 1.62. The maximum absolute atomic E-state index is 11.8. The molecule has 0 radical (unpaired) electrons. The zero-order valence-corrected chi connectivity index (χ0v) is 9.97. The van der Waals surface area contributed by atoms with E-state index in [1.807, 2.05) is 0 Å². The summed E-state index contributed by atoms with van der Waals surface area (Å²) in [5, 5.41) is 4.22. The molecule has 0 aliphatic heterocycles. The van der Waals surface area contributed by atoms with E-state index in [0.717, 1.165) is 18.6 Å². The highest BCUT2D eigenvalue weighted by atomic mass is 16.2. The summed E-state index contributed by atoms with van der Waals surface area (Å²) in [6.07, 6.45) is 6.47. The molecule has 1 aromatic rings. The van der Waals surface area contributed by atoms with Crippen molar-refractivity contribution in [2.24, 2.45) is 16.9 Å². The molecule has 2 aliphatic carbocycles. The predicted octanol–water partition coefficient (Wildman–Crippen LogP) is 1.95. The maximum Gasteiger partial charge on any atom is 0.271 e. The lowest BCUT2D eigenvalue weighted by atomic mass is 9.74. The third-order valence-electron chi connectivity index (χ3n) is 3.64. The van der Waals surface area contributed by atoms with Gasteiger partial charge in [-0.1, -0.05) is 12.2 Å². The van der Waals surface area contributed by atoms with E-state index >= 15 is 0 Å². The van der Waals surface area contributed by atoms with Crippen LogP contribution in [0.4, 0.5) is 5.69 Å². The van der Waals surface area contributed by atoms with Crippen molar-refractivity contribution in [1.29, 1.82) is 0 Å². The molecule has 4 heteroatoms. The lowest BCUT2D eigenvalue weighted by Crippen LogP contribution is -2.35. The quantitative estimate of drug-likeness (QED) is 0.472. The number of nitrogens with zero attached hydrogens (tertiary/aromatic N) is 1. The first-order valence-corrected chi connectivity index (χ1v) is 6.13. The first-order chi connectivity index (χ1) is 8.74. The van der Waals surface area contributed by atoms with Crippen molar-refractivity contribution < 1.29 is 4.79 Å². The molecule has 4 nitrogen and oxygen atoms in total. The van der Waals surface area contributed by atoms with E-state index < -0.39 is 0 Å². The largest absolute Gasteiger partial charge is 0.399 e. The lowest BCUT2D eigenvalue weighted by Gasteiger charge is -2.31. The molecule has 1 fully saturated rings. The molecule has 0 bridgehead atoms. The molecule has 3 N–H and O–H groups in total. The van der Waals surface area contributed by atoms with E-state index in [2.05, 4.69) is 22.7 Å². The molecule has 0 spiro atoms. The number of nitrogens with one attached hydrogen (secondary N) is 1. The molecule has 1 saturated carbocycles. The first kappa shape index (κ1) is 11.0. The minimum atomic E-state index is -0.183. The van der Waals surface area contributed by atoms with E-state index in [4.69, 9.17) is 5.73 Å². The number of nitrogen functional groups attached to an aromatic ring is 1. The van der Waals surface area contributed by atoms with Gasteiger partial charge in [0.2, 0.25) is 0 Å². The Morgan fingerprint density at radius 2 is 2.11 bits per heavy atom. The average molecular weight is 241 g/mol. The number of hydrogen-bond acceptors (Lipinski definition) is 3. The molecule has 0 aromatic heterocycles. The van der Waals surface area contributed by atoms with Crippen LogP contribution in [0, 0.1) is 11.8 Å². The molecular formula is C14H15N3O. The van der Waals surface area contributed by atoms with E-state index in [-0.39, 0.29) is 5.91 Å². The zero-order chi connectivity index (χ0) is 12.5. The summed E-state index contributed by atoms with van der Waals surface area (Å²) >= 11 is 0. The Hall–Kier alpha value is -2.10. The second kappa shape index (κ2) is 4.29. The second-order valence-electron chi connectivity index (χ2n) is 4.80. The van der Waals surface area contributed by atoms with Crippen molar-refractivity contribution in [3.05, 3.63) is 42.0 Å². The summed E-state index contributed by atoms with van der Waals surface area (Å²) in [5.74, 6) is 0.991. The van der Waals surface area contributed by atoms with Crippen LogP contribution in [0.15, 0.2) is 41.5 Å². The standard InChI is InChI=1S/C14H15N3O/c15-11-6-4-9(5-7-11)14(18)17-16-13-8-10-2-1-3-12(10)13/h1-2,4-7,10,12H,3,8,15H2,(H,17,18)/b16-13-/t10-,12-/m0/s1. The van der Waals surface area contributed by atoms with Crippen molar-refractivity contribution in [2.75, 3.05) is 5.73 Å². The van der Waals surface area contributed by atoms with Crippen LogP contribution in [0.1, 0.15) is 23.2 Å². The van der Waals surface area contributed by atoms with Gasteiger partial charge in [0.15, 0.2) is 0 Å². The van der Waals surface area contributed by atoms with Gasteiger partial charge in [-0.25, -0.2) is 5.43 Å². The second-order valence-corrected chi connectivity index (χ2v) is 4.80. The van der Waals surface area contributed by atoms with Gasteiger partial charge in [0, 0.05) is 22.9 Å². The molecule has 0 unspecified atom stereocenters. The van der Waals surface area contributed by atoms with Gasteiger partial charge in [0.1, 0.15) is 0 Å². The van der Waals surface area contributed by atoms with Gasteiger partial charge in [-0.3, -0.25) is 4.79 Å². The summed E-state index contributed by atoms with van der Waals surface area (Å²) in [6.45, 7) is 0. The number of hydrogen-bond donors (Lipinski definition) is 2. The predicted molar refractivity (Wildman–Crippen MR) is 71.1 cm³/mol. The van der Waals surface area contributed by atoms with Crippen LogP contribution in [0.3, 0.4) is 0 Å². The highest BCUT2D eigenvalue weighted by Gasteiger charge is 2.37. The van der Waals surface area contributed by atoms with Gasteiger partial charge < -0.3 is 5.73 Å². The van der Waals surface area contributed by atoms with Gasteiger partial charge in [0.05, 0.1) is 0 Å². The van der Waals surface area contributed by atoms with Gasteiger partial charge in [0.25, 0.3) is 5.91 Å². The van der Waals surface area contributed by atoms with Gasteiger partial charge in [-0.05, 0) is 43.0 Å². The third-order valence-corrected chi connectivity index (χ3v) is 3.64. The third kappa shape index (κ3) is 1.90. The normalized spacial score (nSPS) is 26.8. The van der Waals surface area contributed by atoms with E-state index in [1.165, 1.54) is 0 Å². The van der Waals surface area contributed by atoms with Crippen LogP contribution in [0.2, 0.25) is 0 Å².